The van der Waals surface area contributed by atoms with Gasteiger partial charge in [0.2, 0.25) is 0 Å². The molecule has 0 saturated carbocycles. The van der Waals surface area contributed by atoms with Crippen molar-refractivity contribution in [1.82, 2.24) is 0 Å². The van der Waals surface area contributed by atoms with Crippen molar-refractivity contribution in [3.8, 4) is 0 Å². The third kappa shape index (κ3) is 2.59. The fraction of sp³-hybridized carbons (Fsp3) is 0.455. The molecule has 0 aliphatic carbocycles. The first-order valence-electron chi connectivity index (χ1n) is 4.80. The standard InChI is InChI=1S/C11H17BN/c1-9(2)13(12)10(3)11-7-5-4-6-8-11/h4-10,13H,1-3H3. The predicted octanol–water partition coefficient (Wildman–Crippen LogP) is 1.12. The van der Waals surface area contributed by atoms with E-state index in [1.807, 2.05) is 6.07 Å². The van der Waals surface area contributed by atoms with Crippen LogP contribution in [0.25, 0.3) is 0 Å². The highest BCUT2D eigenvalue weighted by molar-refractivity contribution is 5.95. The smallest absolute Gasteiger partial charge is 0.0643 e. The molecule has 0 amide bonds. The van der Waals surface area contributed by atoms with Crippen molar-refractivity contribution in [3.63, 3.8) is 0 Å². The van der Waals surface area contributed by atoms with Crippen LogP contribution < -0.4 is 4.81 Å². The summed E-state index contributed by atoms with van der Waals surface area (Å²) in [5.74, 6) is 0. The zero-order valence-electron chi connectivity index (χ0n) is 8.62. The van der Waals surface area contributed by atoms with E-state index in [1.165, 1.54) is 5.56 Å². The van der Waals surface area contributed by atoms with Gasteiger partial charge in [0.15, 0.2) is 0 Å². The molecule has 0 aromatic heterocycles. The third-order valence-corrected chi connectivity index (χ3v) is 2.47. The number of hydrogen-bond donors (Lipinski definition) is 1. The van der Waals surface area contributed by atoms with Crippen molar-refractivity contribution in [2.24, 2.45) is 0 Å². The van der Waals surface area contributed by atoms with Crippen LogP contribution in [-0.2, 0) is 0 Å². The second-order valence-corrected chi connectivity index (χ2v) is 3.79. The first kappa shape index (κ1) is 10.3. The van der Waals surface area contributed by atoms with Crippen LogP contribution in [0.2, 0.25) is 0 Å². The van der Waals surface area contributed by atoms with Crippen LogP contribution in [0.3, 0.4) is 0 Å². The molecule has 13 heavy (non-hydrogen) atoms. The van der Waals surface area contributed by atoms with E-state index in [2.05, 4.69) is 45.0 Å². The highest BCUT2D eigenvalue weighted by Gasteiger charge is 2.09. The molecule has 0 aliphatic heterocycles. The van der Waals surface area contributed by atoms with Gasteiger partial charge < -0.3 is 4.81 Å². The molecular weight excluding hydrogens is 157 g/mol. The molecular formula is C11H17BN. The van der Waals surface area contributed by atoms with Gasteiger partial charge in [0, 0.05) is 11.6 Å². The van der Waals surface area contributed by atoms with Crippen LogP contribution >= 0.6 is 0 Å². The lowest BCUT2D eigenvalue weighted by Gasteiger charge is -2.38. The number of quaternary nitrogens is 1. The minimum absolute atomic E-state index is 0.362. The van der Waals surface area contributed by atoms with Gasteiger partial charge in [0.05, 0.1) is 6.04 Å². The van der Waals surface area contributed by atoms with Crippen LogP contribution in [0.5, 0.6) is 0 Å². The van der Waals surface area contributed by atoms with Gasteiger partial charge in [0.25, 0.3) is 0 Å². The molecule has 2 atom stereocenters. The first-order chi connectivity index (χ1) is 6.13. The van der Waals surface area contributed by atoms with E-state index in [0.717, 1.165) is 4.81 Å². The summed E-state index contributed by atoms with van der Waals surface area (Å²) >= 11 is 0. The number of benzene rings is 1. The lowest BCUT2D eigenvalue weighted by molar-refractivity contribution is -0.836. The van der Waals surface area contributed by atoms with Crippen molar-refractivity contribution in [2.75, 3.05) is 0 Å². The summed E-state index contributed by atoms with van der Waals surface area (Å²) < 4.78 is 0. The van der Waals surface area contributed by atoms with Crippen molar-refractivity contribution in [1.29, 1.82) is 0 Å². The lowest BCUT2D eigenvalue weighted by atomic mass is 10.0. The van der Waals surface area contributed by atoms with E-state index in [4.69, 9.17) is 7.98 Å². The Kier molecular flexibility index (Phi) is 3.55. The Labute approximate surface area is 82.2 Å². The van der Waals surface area contributed by atoms with Crippen molar-refractivity contribution in [3.05, 3.63) is 35.9 Å². The Morgan fingerprint density at radius 3 is 2.08 bits per heavy atom. The van der Waals surface area contributed by atoms with Crippen LogP contribution in [0, 0.1) is 0 Å². The van der Waals surface area contributed by atoms with Crippen molar-refractivity contribution >= 4 is 7.98 Å². The van der Waals surface area contributed by atoms with E-state index in [9.17, 15) is 0 Å². The molecule has 2 unspecified atom stereocenters. The Balaban J connectivity index is 2.73. The van der Waals surface area contributed by atoms with E-state index in [1.54, 1.807) is 0 Å². The van der Waals surface area contributed by atoms with Crippen LogP contribution in [0.4, 0.5) is 0 Å². The zero-order valence-corrected chi connectivity index (χ0v) is 8.62. The van der Waals surface area contributed by atoms with E-state index in [0.29, 0.717) is 12.1 Å². The number of rotatable bonds is 3. The fourth-order valence-corrected chi connectivity index (χ4v) is 1.43. The number of hydrogen-bond acceptors (Lipinski definition) is 0. The summed E-state index contributed by atoms with van der Waals surface area (Å²) in [4.78, 5) is 1.06. The maximum Gasteiger partial charge on any atom is 0.0643 e. The molecule has 3 radical (unpaired) electrons. The Morgan fingerprint density at radius 2 is 1.62 bits per heavy atom. The summed E-state index contributed by atoms with van der Waals surface area (Å²) in [6.45, 7) is 6.42. The van der Waals surface area contributed by atoms with Crippen LogP contribution in [-0.4, -0.2) is 14.0 Å². The van der Waals surface area contributed by atoms with Crippen molar-refractivity contribution < 1.29 is 4.81 Å². The van der Waals surface area contributed by atoms with Gasteiger partial charge in [0.1, 0.15) is 0 Å². The highest BCUT2D eigenvalue weighted by Crippen LogP contribution is 2.07. The second-order valence-electron chi connectivity index (χ2n) is 3.79. The summed E-state index contributed by atoms with van der Waals surface area (Å²) in [6, 6.07) is 11.2. The minimum Gasteiger partial charge on any atom is -0.590 e. The topological polar surface area (TPSA) is 4.44 Å². The summed E-state index contributed by atoms with van der Waals surface area (Å²) in [6.07, 6.45) is 0. The fourth-order valence-electron chi connectivity index (χ4n) is 1.43. The molecule has 1 aromatic carbocycles. The van der Waals surface area contributed by atoms with Gasteiger partial charge in [-0.3, -0.25) is 0 Å². The Hall–Kier alpha value is -0.755. The quantitative estimate of drug-likeness (QED) is 0.655. The maximum absolute atomic E-state index is 6.01. The van der Waals surface area contributed by atoms with Crippen LogP contribution in [0.15, 0.2) is 30.3 Å². The SMILES string of the molecule is [B-][NH+](C(C)C)C(C)c1ccccc1. The molecule has 1 aromatic rings. The van der Waals surface area contributed by atoms with Crippen molar-refractivity contribution in [2.45, 2.75) is 32.9 Å². The molecule has 0 spiro atoms. The van der Waals surface area contributed by atoms with Gasteiger partial charge >= 0.3 is 0 Å². The van der Waals surface area contributed by atoms with Gasteiger partial charge in [-0.25, -0.2) is 7.98 Å². The van der Waals surface area contributed by atoms with E-state index < -0.39 is 0 Å². The first-order valence-corrected chi connectivity index (χ1v) is 4.80. The normalized spacial score (nSPS) is 15.8. The average molecular weight is 174 g/mol. The van der Waals surface area contributed by atoms with Gasteiger partial charge in [-0.05, 0) is 20.8 Å². The molecule has 0 saturated heterocycles. The summed E-state index contributed by atoms with van der Waals surface area (Å²) in [7, 11) is 6.01. The Bertz CT molecular complexity index is 246. The highest BCUT2D eigenvalue weighted by atomic mass is 15.1. The van der Waals surface area contributed by atoms with Gasteiger partial charge in [-0.2, -0.15) is 0 Å². The molecule has 69 valence electrons. The molecule has 1 N–H and O–H groups in total. The van der Waals surface area contributed by atoms with E-state index in [-0.39, 0.29) is 0 Å². The molecule has 1 rings (SSSR count). The van der Waals surface area contributed by atoms with E-state index >= 15 is 0 Å². The average Bonchev–Trinajstić information content (AvgIpc) is 2.17. The number of nitrogens with one attached hydrogen (secondary N) is 1. The molecule has 2 heteroatoms. The minimum atomic E-state index is 0.362. The second kappa shape index (κ2) is 4.47. The maximum atomic E-state index is 6.01. The molecule has 0 fully saturated rings. The summed E-state index contributed by atoms with van der Waals surface area (Å²) in [5, 5.41) is 0. The molecule has 0 bridgehead atoms. The third-order valence-electron chi connectivity index (χ3n) is 2.47. The summed E-state index contributed by atoms with van der Waals surface area (Å²) in [5.41, 5.74) is 1.30. The van der Waals surface area contributed by atoms with Gasteiger partial charge in [-0.15, -0.1) is 0 Å². The predicted molar refractivity (Wildman–Crippen MR) is 56.7 cm³/mol. The lowest BCUT2D eigenvalue weighted by Crippen LogP contribution is -3.13. The molecule has 0 aliphatic rings. The molecule has 0 heterocycles. The van der Waals surface area contributed by atoms with Crippen LogP contribution in [0.1, 0.15) is 32.4 Å². The Morgan fingerprint density at radius 1 is 1.08 bits per heavy atom. The largest absolute Gasteiger partial charge is 0.590 e. The zero-order chi connectivity index (χ0) is 9.84. The monoisotopic (exact) mass is 174 g/mol. The molecule has 1 nitrogen and oxygen atoms in total. The van der Waals surface area contributed by atoms with Gasteiger partial charge in [-0.1, -0.05) is 30.3 Å².